The quantitative estimate of drug-likeness (QED) is 0.780. The van der Waals surface area contributed by atoms with Gasteiger partial charge in [-0.2, -0.15) is 0 Å². The van der Waals surface area contributed by atoms with Gasteiger partial charge in [0.15, 0.2) is 0 Å². The maximum absolute atomic E-state index is 13.5. The van der Waals surface area contributed by atoms with Crippen molar-refractivity contribution >= 4 is 16.8 Å². The number of benzene rings is 1. The number of aryl methyl sites for hydroxylation is 2. The molecule has 1 aromatic carbocycles. The number of carbonyl (C=O) groups is 1. The molecule has 1 aliphatic rings. The molecule has 4 heteroatoms. The predicted octanol–water partition coefficient (Wildman–Crippen LogP) is 4.03. The van der Waals surface area contributed by atoms with Crippen molar-refractivity contribution < 1.29 is 9.18 Å². The summed E-state index contributed by atoms with van der Waals surface area (Å²) in [6.45, 7) is 3.57. The smallest absolute Gasteiger partial charge is 0.270 e. The number of amides is 1. The number of aromatic nitrogens is 1. The molecule has 1 aliphatic heterocycles. The van der Waals surface area contributed by atoms with Crippen LogP contribution in [0.15, 0.2) is 18.2 Å². The van der Waals surface area contributed by atoms with Gasteiger partial charge in [0.25, 0.3) is 5.91 Å². The lowest BCUT2D eigenvalue weighted by atomic mass is 10.1. The monoisotopic (exact) mass is 302 g/mol. The number of nitrogens with zero attached hydrogens (tertiary/aromatic N) is 2. The van der Waals surface area contributed by atoms with Crippen molar-refractivity contribution in [3.63, 3.8) is 0 Å². The van der Waals surface area contributed by atoms with Gasteiger partial charge in [-0.05, 0) is 43.5 Å². The van der Waals surface area contributed by atoms with Crippen molar-refractivity contribution in [3.05, 3.63) is 35.3 Å². The Morgan fingerprint density at radius 1 is 1.09 bits per heavy atom. The molecule has 0 saturated carbocycles. The molecule has 1 amide bonds. The second-order valence-electron chi connectivity index (χ2n) is 6.25. The summed E-state index contributed by atoms with van der Waals surface area (Å²) in [5, 5.41) is 0.831. The van der Waals surface area contributed by atoms with Gasteiger partial charge in [-0.1, -0.05) is 19.3 Å². The van der Waals surface area contributed by atoms with Crippen LogP contribution < -0.4 is 0 Å². The van der Waals surface area contributed by atoms with Gasteiger partial charge in [0.2, 0.25) is 0 Å². The average molecular weight is 302 g/mol. The van der Waals surface area contributed by atoms with Gasteiger partial charge in [0.05, 0.1) is 0 Å². The summed E-state index contributed by atoms with van der Waals surface area (Å²) in [5.41, 5.74) is 2.49. The van der Waals surface area contributed by atoms with Gasteiger partial charge < -0.3 is 9.47 Å². The van der Waals surface area contributed by atoms with Gasteiger partial charge in [-0.3, -0.25) is 4.79 Å². The molecule has 3 rings (SSSR count). The molecule has 118 valence electrons. The maximum atomic E-state index is 13.5. The lowest BCUT2D eigenvalue weighted by molar-refractivity contribution is 0.0732. The molecule has 0 aliphatic carbocycles. The summed E-state index contributed by atoms with van der Waals surface area (Å²) in [4.78, 5) is 14.9. The van der Waals surface area contributed by atoms with E-state index in [2.05, 4.69) is 0 Å². The van der Waals surface area contributed by atoms with E-state index in [1.165, 1.54) is 31.4 Å². The fourth-order valence-corrected chi connectivity index (χ4v) is 3.50. The number of halogens is 1. The molecule has 1 saturated heterocycles. The van der Waals surface area contributed by atoms with E-state index in [4.69, 9.17) is 0 Å². The third-order valence-electron chi connectivity index (χ3n) is 4.76. The van der Waals surface area contributed by atoms with Crippen LogP contribution in [-0.4, -0.2) is 28.5 Å². The topological polar surface area (TPSA) is 25.2 Å². The Balaban J connectivity index is 1.99. The van der Waals surface area contributed by atoms with Crippen LogP contribution in [-0.2, 0) is 7.05 Å². The predicted molar refractivity (Wildman–Crippen MR) is 86.6 cm³/mol. The second kappa shape index (κ2) is 6.11. The molecule has 22 heavy (non-hydrogen) atoms. The summed E-state index contributed by atoms with van der Waals surface area (Å²) in [7, 11) is 1.89. The van der Waals surface area contributed by atoms with Crippen LogP contribution in [0.1, 0.15) is 48.2 Å². The minimum Gasteiger partial charge on any atom is -0.339 e. The lowest BCUT2D eigenvalue weighted by Gasteiger charge is -2.25. The van der Waals surface area contributed by atoms with E-state index in [0.717, 1.165) is 42.4 Å². The van der Waals surface area contributed by atoms with Crippen molar-refractivity contribution in [2.45, 2.75) is 39.0 Å². The number of carbonyl (C=O) groups excluding carboxylic acids is 1. The van der Waals surface area contributed by atoms with Crippen molar-refractivity contribution in [1.29, 1.82) is 0 Å². The Labute approximate surface area is 130 Å². The van der Waals surface area contributed by atoms with Gasteiger partial charge in [0.1, 0.15) is 11.5 Å². The molecular weight excluding hydrogens is 279 g/mol. The van der Waals surface area contributed by atoms with Gasteiger partial charge in [-0.25, -0.2) is 4.39 Å². The van der Waals surface area contributed by atoms with E-state index in [1.54, 1.807) is 6.07 Å². The first kappa shape index (κ1) is 15.1. The highest BCUT2D eigenvalue weighted by atomic mass is 19.1. The van der Waals surface area contributed by atoms with E-state index in [0.29, 0.717) is 5.69 Å². The molecule has 2 aromatic rings. The largest absolute Gasteiger partial charge is 0.339 e. The molecule has 1 fully saturated rings. The number of fused-ring (bicyclic) bond motifs is 1. The Morgan fingerprint density at radius 3 is 2.41 bits per heavy atom. The Bertz CT molecular complexity index is 697. The number of hydrogen-bond acceptors (Lipinski definition) is 1. The van der Waals surface area contributed by atoms with Crippen molar-refractivity contribution in [1.82, 2.24) is 9.47 Å². The molecule has 2 heterocycles. The maximum Gasteiger partial charge on any atom is 0.270 e. The van der Waals surface area contributed by atoms with E-state index in [9.17, 15) is 9.18 Å². The van der Waals surface area contributed by atoms with E-state index in [-0.39, 0.29) is 11.7 Å². The van der Waals surface area contributed by atoms with Crippen LogP contribution in [0.2, 0.25) is 0 Å². The van der Waals surface area contributed by atoms with E-state index < -0.39 is 0 Å². The molecule has 0 atom stereocenters. The highest BCUT2D eigenvalue weighted by molar-refractivity contribution is 6.01. The molecule has 1 aromatic heterocycles. The van der Waals surface area contributed by atoms with Crippen LogP contribution >= 0.6 is 0 Å². The van der Waals surface area contributed by atoms with E-state index in [1.807, 2.05) is 23.4 Å². The minimum absolute atomic E-state index is 0.0820. The van der Waals surface area contributed by atoms with Crippen LogP contribution in [0.25, 0.3) is 10.9 Å². The van der Waals surface area contributed by atoms with E-state index >= 15 is 0 Å². The molecule has 0 bridgehead atoms. The normalized spacial score (nSPS) is 16.6. The lowest BCUT2D eigenvalue weighted by Crippen LogP contribution is -2.35. The second-order valence-corrected chi connectivity index (χ2v) is 6.25. The zero-order valence-corrected chi connectivity index (χ0v) is 13.4. The van der Waals surface area contributed by atoms with Crippen LogP contribution in [0.4, 0.5) is 4.39 Å². The third kappa shape index (κ3) is 2.62. The fraction of sp³-hybridized carbons (Fsp3) is 0.500. The number of likely N-dealkylation sites (tertiary alicyclic amines) is 1. The molecule has 3 nitrogen and oxygen atoms in total. The highest BCUT2D eigenvalue weighted by Gasteiger charge is 2.23. The number of hydrogen-bond donors (Lipinski definition) is 0. The van der Waals surface area contributed by atoms with Crippen LogP contribution in [0, 0.1) is 12.7 Å². The standard InChI is InChI=1S/C18H23FN2O/c1-13-15-12-14(19)8-9-16(15)20(2)17(13)18(22)21-10-6-4-3-5-7-11-21/h8-9,12H,3-7,10-11H2,1-2H3. The van der Waals surface area contributed by atoms with Crippen molar-refractivity contribution in [2.24, 2.45) is 7.05 Å². The van der Waals surface area contributed by atoms with Crippen LogP contribution in [0.3, 0.4) is 0 Å². The van der Waals surface area contributed by atoms with Crippen molar-refractivity contribution in [3.8, 4) is 0 Å². The average Bonchev–Trinajstić information content (AvgIpc) is 2.69. The first-order valence-electron chi connectivity index (χ1n) is 8.13. The summed E-state index contributed by atoms with van der Waals surface area (Å²) < 4.78 is 15.4. The molecule has 0 N–H and O–H groups in total. The zero-order valence-electron chi connectivity index (χ0n) is 13.4. The summed E-state index contributed by atoms with van der Waals surface area (Å²) in [6.07, 6.45) is 5.81. The van der Waals surface area contributed by atoms with Gasteiger partial charge in [0, 0.05) is 31.0 Å². The molecule has 0 radical (unpaired) electrons. The number of rotatable bonds is 1. The highest BCUT2D eigenvalue weighted by Crippen LogP contribution is 2.27. The van der Waals surface area contributed by atoms with Gasteiger partial charge >= 0.3 is 0 Å². The van der Waals surface area contributed by atoms with Crippen molar-refractivity contribution in [2.75, 3.05) is 13.1 Å². The fourth-order valence-electron chi connectivity index (χ4n) is 3.50. The first-order valence-corrected chi connectivity index (χ1v) is 8.13. The Hall–Kier alpha value is -1.84. The van der Waals surface area contributed by atoms with Gasteiger partial charge in [-0.15, -0.1) is 0 Å². The third-order valence-corrected chi connectivity index (χ3v) is 4.76. The molecule has 0 unspecified atom stereocenters. The summed E-state index contributed by atoms with van der Waals surface area (Å²) in [5.74, 6) is -0.176. The van der Waals surface area contributed by atoms with Crippen LogP contribution in [0.5, 0.6) is 0 Å². The first-order chi connectivity index (χ1) is 10.6. The molecular formula is C18H23FN2O. The zero-order chi connectivity index (χ0) is 15.7. The summed E-state index contributed by atoms with van der Waals surface area (Å²) >= 11 is 0. The molecule has 0 spiro atoms. The summed E-state index contributed by atoms with van der Waals surface area (Å²) in [6, 6.07) is 4.73. The SMILES string of the molecule is Cc1c(C(=O)N2CCCCCCC2)n(C)c2ccc(F)cc12. The minimum atomic E-state index is -0.258. The Kier molecular flexibility index (Phi) is 4.19. The Morgan fingerprint density at radius 2 is 1.73 bits per heavy atom.